The maximum atomic E-state index is 11.5. The van der Waals surface area contributed by atoms with Crippen LogP contribution in [0.25, 0.3) is 0 Å². The van der Waals surface area contributed by atoms with E-state index in [1.54, 1.807) is 19.1 Å². The lowest BCUT2D eigenvalue weighted by Crippen LogP contribution is -2.32. The van der Waals surface area contributed by atoms with E-state index in [1.165, 1.54) is 7.11 Å². The van der Waals surface area contributed by atoms with Crippen LogP contribution in [0.1, 0.15) is 23.0 Å². The van der Waals surface area contributed by atoms with Crippen LogP contribution in [0.15, 0.2) is 12.1 Å². The number of esters is 1. The Hall–Kier alpha value is -1.69. The third-order valence-electron chi connectivity index (χ3n) is 2.90. The summed E-state index contributed by atoms with van der Waals surface area (Å²) in [5, 5.41) is 0. The molecular weight excluding hydrogens is 262 g/mol. The van der Waals surface area contributed by atoms with Crippen molar-refractivity contribution in [3.8, 4) is 0 Å². The molecule has 0 aliphatic rings. The predicted molar refractivity (Wildman–Crippen MR) is 79.5 cm³/mol. The zero-order valence-corrected chi connectivity index (χ0v) is 12.5. The SMILES string of the molecule is COC(=O)c1ccc(N(C)CC(C)C(N)=S)nc1C. The highest BCUT2D eigenvalue weighted by atomic mass is 32.1. The molecule has 6 heteroatoms. The summed E-state index contributed by atoms with van der Waals surface area (Å²) in [5.41, 5.74) is 6.71. The second-order valence-electron chi connectivity index (χ2n) is 4.48. The molecule has 0 fully saturated rings. The molecule has 1 aromatic heterocycles. The second-order valence-corrected chi connectivity index (χ2v) is 4.95. The smallest absolute Gasteiger partial charge is 0.339 e. The summed E-state index contributed by atoms with van der Waals surface area (Å²) in [6.45, 7) is 4.43. The van der Waals surface area contributed by atoms with Crippen LogP contribution in [0, 0.1) is 12.8 Å². The third-order valence-corrected chi connectivity index (χ3v) is 3.30. The van der Waals surface area contributed by atoms with E-state index in [-0.39, 0.29) is 11.9 Å². The first-order valence-corrected chi connectivity index (χ1v) is 6.34. The lowest BCUT2D eigenvalue weighted by atomic mass is 10.1. The van der Waals surface area contributed by atoms with Gasteiger partial charge in [-0.05, 0) is 19.1 Å². The van der Waals surface area contributed by atoms with Gasteiger partial charge < -0.3 is 15.4 Å². The van der Waals surface area contributed by atoms with Crippen molar-refractivity contribution >= 4 is 29.0 Å². The van der Waals surface area contributed by atoms with Gasteiger partial charge in [0, 0.05) is 19.5 Å². The van der Waals surface area contributed by atoms with Crippen molar-refractivity contribution in [3.05, 3.63) is 23.4 Å². The van der Waals surface area contributed by atoms with E-state index < -0.39 is 0 Å². The number of carbonyl (C=O) groups excluding carboxylic acids is 1. The minimum atomic E-state index is -0.379. The number of anilines is 1. The third kappa shape index (κ3) is 3.89. The molecule has 0 aliphatic carbocycles. The number of hydrogen-bond donors (Lipinski definition) is 1. The average Bonchev–Trinajstić information content (AvgIpc) is 2.37. The number of rotatable bonds is 5. The van der Waals surface area contributed by atoms with Crippen molar-refractivity contribution in [3.63, 3.8) is 0 Å². The lowest BCUT2D eigenvalue weighted by molar-refractivity contribution is 0.0599. The van der Waals surface area contributed by atoms with Gasteiger partial charge in [-0.15, -0.1) is 0 Å². The number of carbonyl (C=O) groups is 1. The second kappa shape index (κ2) is 6.47. The van der Waals surface area contributed by atoms with Gasteiger partial charge in [-0.3, -0.25) is 0 Å². The molecule has 0 aliphatic heterocycles. The highest BCUT2D eigenvalue weighted by Crippen LogP contribution is 2.15. The van der Waals surface area contributed by atoms with Crippen molar-refractivity contribution in [2.24, 2.45) is 11.7 Å². The highest BCUT2D eigenvalue weighted by Gasteiger charge is 2.14. The van der Waals surface area contributed by atoms with Gasteiger partial charge in [-0.2, -0.15) is 0 Å². The highest BCUT2D eigenvalue weighted by molar-refractivity contribution is 7.80. The van der Waals surface area contributed by atoms with Crippen LogP contribution in [-0.4, -0.2) is 36.6 Å². The minimum absolute atomic E-state index is 0.0994. The first kappa shape index (κ1) is 15.4. The Bertz CT molecular complexity index is 491. The Kier molecular flexibility index (Phi) is 5.23. The summed E-state index contributed by atoms with van der Waals surface area (Å²) >= 11 is 4.95. The Morgan fingerprint density at radius 1 is 1.58 bits per heavy atom. The molecule has 0 saturated carbocycles. The number of methoxy groups -OCH3 is 1. The molecule has 1 unspecified atom stereocenters. The van der Waals surface area contributed by atoms with E-state index in [9.17, 15) is 4.79 Å². The molecular formula is C13H19N3O2S. The van der Waals surface area contributed by atoms with Gasteiger partial charge in [-0.25, -0.2) is 9.78 Å². The van der Waals surface area contributed by atoms with Gasteiger partial charge in [0.25, 0.3) is 0 Å². The molecule has 104 valence electrons. The largest absolute Gasteiger partial charge is 0.465 e. The van der Waals surface area contributed by atoms with E-state index in [2.05, 4.69) is 9.72 Å². The number of aryl methyl sites for hydroxylation is 1. The van der Waals surface area contributed by atoms with Crippen LogP contribution >= 0.6 is 12.2 Å². The molecule has 0 saturated heterocycles. The van der Waals surface area contributed by atoms with Gasteiger partial charge in [0.1, 0.15) is 5.82 Å². The molecule has 1 aromatic rings. The van der Waals surface area contributed by atoms with Crippen molar-refractivity contribution in [2.45, 2.75) is 13.8 Å². The molecule has 5 nitrogen and oxygen atoms in total. The molecule has 1 rings (SSSR count). The summed E-state index contributed by atoms with van der Waals surface area (Å²) in [7, 11) is 3.26. The summed E-state index contributed by atoms with van der Waals surface area (Å²) in [6.07, 6.45) is 0. The maximum Gasteiger partial charge on any atom is 0.339 e. The summed E-state index contributed by atoms with van der Waals surface area (Å²) in [4.78, 5) is 18.3. The van der Waals surface area contributed by atoms with E-state index in [0.717, 1.165) is 5.82 Å². The number of pyridine rings is 1. The number of nitrogens with zero attached hydrogens (tertiary/aromatic N) is 2. The molecule has 0 radical (unpaired) electrons. The quantitative estimate of drug-likeness (QED) is 0.652. The molecule has 0 bridgehead atoms. The molecule has 0 aromatic carbocycles. The zero-order valence-electron chi connectivity index (χ0n) is 11.6. The van der Waals surface area contributed by atoms with Gasteiger partial charge in [0.2, 0.25) is 0 Å². The van der Waals surface area contributed by atoms with Crippen LogP contribution in [0.3, 0.4) is 0 Å². The van der Waals surface area contributed by atoms with E-state index >= 15 is 0 Å². The van der Waals surface area contributed by atoms with Crippen LogP contribution in [0.5, 0.6) is 0 Å². The number of nitrogens with two attached hydrogens (primary N) is 1. The predicted octanol–water partition coefficient (Wildman–Crippen LogP) is 1.54. The Labute approximate surface area is 118 Å². The topological polar surface area (TPSA) is 68.5 Å². The van der Waals surface area contributed by atoms with E-state index in [4.69, 9.17) is 18.0 Å². The van der Waals surface area contributed by atoms with Crippen molar-refractivity contribution in [1.29, 1.82) is 0 Å². The molecule has 0 amide bonds. The number of aromatic nitrogens is 1. The maximum absolute atomic E-state index is 11.5. The van der Waals surface area contributed by atoms with Crippen molar-refractivity contribution < 1.29 is 9.53 Å². The normalized spacial score (nSPS) is 11.8. The first-order chi connectivity index (χ1) is 8.86. The molecule has 0 spiro atoms. The summed E-state index contributed by atoms with van der Waals surface area (Å²) in [5.74, 6) is 0.492. The van der Waals surface area contributed by atoms with Gasteiger partial charge in [-0.1, -0.05) is 19.1 Å². The molecule has 2 N–H and O–H groups in total. The monoisotopic (exact) mass is 281 g/mol. The van der Waals surface area contributed by atoms with Crippen LogP contribution in [-0.2, 0) is 4.74 Å². The fourth-order valence-corrected chi connectivity index (χ4v) is 1.75. The van der Waals surface area contributed by atoms with Crippen molar-refractivity contribution in [1.82, 2.24) is 4.98 Å². The number of hydrogen-bond acceptors (Lipinski definition) is 5. The average molecular weight is 281 g/mol. The molecule has 19 heavy (non-hydrogen) atoms. The standard InChI is InChI=1S/C13H19N3O2S/c1-8(12(14)19)7-16(3)11-6-5-10(9(2)15-11)13(17)18-4/h5-6,8H,7H2,1-4H3,(H2,14,19). The van der Waals surface area contributed by atoms with Crippen molar-refractivity contribution in [2.75, 3.05) is 25.6 Å². The molecule has 1 heterocycles. The number of thiocarbonyl (C=S) groups is 1. The fraction of sp³-hybridized carbons (Fsp3) is 0.462. The van der Waals surface area contributed by atoms with Crippen LogP contribution in [0.4, 0.5) is 5.82 Å². The lowest BCUT2D eigenvalue weighted by Gasteiger charge is -2.22. The van der Waals surface area contributed by atoms with E-state index in [1.807, 2.05) is 18.9 Å². The summed E-state index contributed by atoms with van der Waals surface area (Å²) < 4.78 is 4.69. The van der Waals surface area contributed by atoms with Gasteiger partial charge >= 0.3 is 5.97 Å². The Morgan fingerprint density at radius 3 is 2.68 bits per heavy atom. The van der Waals surface area contributed by atoms with E-state index in [0.29, 0.717) is 22.8 Å². The van der Waals surface area contributed by atoms with Gasteiger partial charge in [0.05, 0.1) is 23.4 Å². The Morgan fingerprint density at radius 2 is 2.21 bits per heavy atom. The van der Waals surface area contributed by atoms with Crippen LogP contribution in [0.2, 0.25) is 0 Å². The first-order valence-electron chi connectivity index (χ1n) is 5.93. The minimum Gasteiger partial charge on any atom is -0.465 e. The number of ether oxygens (including phenoxy) is 1. The fourth-order valence-electron chi connectivity index (χ4n) is 1.68. The zero-order chi connectivity index (χ0) is 14.6. The van der Waals surface area contributed by atoms with Gasteiger partial charge in [0.15, 0.2) is 0 Å². The summed E-state index contributed by atoms with van der Waals surface area (Å²) in [6, 6.07) is 3.50. The van der Waals surface area contributed by atoms with Crippen LogP contribution < -0.4 is 10.6 Å². The Balaban J connectivity index is 2.88. The molecule has 1 atom stereocenters.